The summed E-state index contributed by atoms with van der Waals surface area (Å²) in [4.78, 5) is 42.1. The monoisotopic (exact) mass is 657 g/mol. The Morgan fingerprint density at radius 3 is 2.62 bits per heavy atom. The fraction of sp³-hybridized carbons (Fsp3) is 0.553. The number of primary amides is 1. The number of nitrogens with one attached hydrogen (secondary N) is 2. The topological polar surface area (TPSA) is 171 Å². The first kappa shape index (κ1) is 36.6. The number of allylic oxidation sites excluding steroid dienone is 2. The highest BCUT2D eigenvalue weighted by Gasteiger charge is 2.38. The number of carbonyl (C=O) groups excluding carboxylic acids is 3. The van der Waals surface area contributed by atoms with Crippen LogP contribution in [0.1, 0.15) is 84.6 Å². The molecule has 1 aromatic carbocycles. The van der Waals surface area contributed by atoms with Gasteiger partial charge in [-0.2, -0.15) is 10.4 Å². The maximum absolute atomic E-state index is 13.6. The molecule has 2 amide bonds. The van der Waals surface area contributed by atoms with Crippen LogP contribution < -0.4 is 11.2 Å². The molecule has 5 N–H and O–H groups in total. The minimum absolute atomic E-state index is 0.104. The first-order valence-electron chi connectivity index (χ1n) is 17.3. The maximum Gasteiger partial charge on any atom is 0.311 e. The third kappa shape index (κ3) is 9.89. The molecule has 1 fully saturated rings. The summed E-state index contributed by atoms with van der Waals surface area (Å²) in [5.41, 5.74) is 11.1. The van der Waals surface area contributed by atoms with Crippen LogP contribution in [0.3, 0.4) is 0 Å². The normalized spacial score (nSPS) is 32.3. The van der Waals surface area contributed by atoms with E-state index in [-0.39, 0.29) is 53.9 Å². The number of hydrogen-bond donors (Lipinski definition) is 4. The molecule has 4 rings (SSSR count). The summed E-state index contributed by atoms with van der Waals surface area (Å²) < 4.78 is 6.08. The van der Waals surface area contributed by atoms with Gasteiger partial charge in [-0.1, -0.05) is 64.5 Å². The van der Waals surface area contributed by atoms with Gasteiger partial charge in [0.25, 0.3) is 0 Å². The number of fused-ring (bicyclic) bond motifs is 1. The van der Waals surface area contributed by atoms with Crippen molar-refractivity contribution in [2.75, 3.05) is 0 Å². The summed E-state index contributed by atoms with van der Waals surface area (Å²) in [5.74, 6) is -1.51. The van der Waals surface area contributed by atoms with Crippen LogP contribution >= 0.6 is 0 Å². The summed E-state index contributed by atoms with van der Waals surface area (Å²) in [7, 11) is 0. The number of aromatic amines is 1. The van der Waals surface area contributed by atoms with E-state index in [1.165, 1.54) is 0 Å². The lowest BCUT2D eigenvalue weighted by atomic mass is 9.82. The van der Waals surface area contributed by atoms with Gasteiger partial charge in [-0.3, -0.25) is 14.4 Å². The molecule has 2 aromatic rings. The molecule has 10 nitrogen and oxygen atoms in total. The number of ether oxygens (including phenoxy) is 1. The molecule has 1 aromatic heterocycles. The van der Waals surface area contributed by atoms with Crippen LogP contribution in [-0.4, -0.2) is 45.8 Å². The maximum atomic E-state index is 13.6. The Labute approximate surface area is 283 Å². The van der Waals surface area contributed by atoms with Gasteiger partial charge in [0.05, 0.1) is 36.3 Å². The van der Waals surface area contributed by atoms with Crippen LogP contribution in [0, 0.1) is 46.8 Å². The number of benzene rings is 1. The predicted octanol–water partition coefficient (Wildman–Crippen LogP) is 5.87. The fourth-order valence-electron chi connectivity index (χ4n) is 7.68. The van der Waals surface area contributed by atoms with Gasteiger partial charge in [0.15, 0.2) is 0 Å². The summed E-state index contributed by atoms with van der Waals surface area (Å²) >= 11 is 0. The van der Waals surface area contributed by atoms with Gasteiger partial charge in [-0.25, -0.2) is 5.43 Å². The van der Waals surface area contributed by atoms with Crippen molar-refractivity contribution in [3.63, 3.8) is 0 Å². The average molecular weight is 658 g/mol. The zero-order valence-electron chi connectivity index (χ0n) is 28.7. The number of cyclic esters (lactones) is 1. The standard InChI is InChI=1S/C38H51N5O5/c1-23-16-24(2)18-26(4)37(46)27(21-39)10-5-8-15-34(30-12-9-13-31(30)38(40)47)48-36(45)20-33(25(3)17-23)42-43-35(44)19-28-22-41-32-14-7-6-11-29(28)32/h5-8,10-11,14,22-26,30-31,34,37,41,46H,9,12-13,15-20H2,1-4H3,(H2,40,47)(H,43,44)/b8-5+,27-10+,42-33+. The Bertz CT molecular complexity index is 1570. The smallest absolute Gasteiger partial charge is 0.311 e. The van der Waals surface area contributed by atoms with Gasteiger partial charge in [0.1, 0.15) is 6.10 Å². The highest BCUT2D eigenvalue weighted by atomic mass is 16.5. The summed E-state index contributed by atoms with van der Waals surface area (Å²) in [5, 5.41) is 26.2. The van der Waals surface area contributed by atoms with Crippen molar-refractivity contribution in [1.29, 1.82) is 5.26 Å². The number of aromatic nitrogens is 1. The molecule has 8 unspecified atom stereocenters. The van der Waals surface area contributed by atoms with Gasteiger partial charge < -0.3 is 20.6 Å². The van der Waals surface area contributed by atoms with Gasteiger partial charge in [-0.05, 0) is 73.5 Å². The number of esters is 1. The molecule has 258 valence electrons. The fourth-order valence-corrected chi connectivity index (χ4v) is 7.68. The molecule has 1 aliphatic carbocycles. The third-order valence-corrected chi connectivity index (χ3v) is 10.0. The highest BCUT2D eigenvalue weighted by molar-refractivity contribution is 6.00. The zero-order chi connectivity index (χ0) is 34.8. The number of nitriles is 1. The SMILES string of the molecule is CC1CC(C)CC(C)C(O)/C(C#N)=C/C=C/CC(C2CCCC2C(N)=O)OC(=O)C/C(=N\NC(=O)Cc2c[nH]c3ccccc23)C(C)C1. The van der Waals surface area contributed by atoms with E-state index >= 15 is 0 Å². The van der Waals surface area contributed by atoms with E-state index in [0.29, 0.717) is 25.0 Å². The van der Waals surface area contributed by atoms with E-state index in [4.69, 9.17) is 10.5 Å². The molecule has 2 heterocycles. The molecule has 0 spiro atoms. The van der Waals surface area contributed by atoms with Crippen LogP contribution in [0.2, 0.25) is 0 Å². The molecule has 1 saturated carbocycles. The number of amides is 2. The third-order valence-electron chi connectivity index (χ3n) is 10.0. The quantitative estimate of drug-likeness (QED) is 0.231. The minimum atomic E-state index is -0.899. The van der Waals surface area contributed by atoms with Crippen molar-refractivity contribution in [3.8, 4) is 6.07 Å². The Morgan fingerprint density at radius 1 is 1.12 bits per heavy atom. The van der Waals surface area contributed by atoms with E-state index in [1.54, 1.807) is 18.2 Å². The lowest BCUT2D eigenvalue weighted by molar-refractivity contribution is -0.152. The van der Waals surface area contributed by atoms with Gasteiger partial charge in [0.2, 0.25) is 11.8 Å². The Kier molecular flexibility index (Phi) is 13.2. The van der Waals surface area contributed by atoms with Crippen LogP contribution in [0.25, 0.3) is 10.9 Å². The number of rotatable bonds is 5. The molecular formula is C38H51N5O5. The van der Waals surface area contributed by atoms with E-state index in [2.05, 4.69) is 35.4 Å². The summed E-state index contributed by atoms with van der Waals surface area (Å²) in [6.45, 7) is 8.28. The molecule has 0 bridgehead atoms. The summed E-state index contributed by atoms with van der Waals surface area (Å²) in [6.07, 6.45) is 10.3. The van der Waals surface area contributed by atoms with Crippen LogP contribution in [-0.2, 0) is 25.5 Å². The number of para-hydroxylation sites is 1. The van der Waals surface area contributed by atoms with E-state index in [9.17, 15) is 24.8 Å². The Balaban J connectivity index is 1.59. The molecule has 0 radical (unpaired) electrons. The van der Waals surface area contributed by atoms with Crippen molar-refractivity contribution in [2.45, 2.75) is 97.7 Å². The second-order valence-corrected chi connectivity index (χ2v) is 14.1. The molecule has 2 aliphatic rings. The zero-order valence-corrected chi connectivity index (χ0v) is 28.7. The number of aliphatic hydroxyl groups excluding tert-OH is 1. The number of carbonyl (C=O) groups is 3. The van der Waals surface area contributed by atoms with Crippen LogP contribution in [0.15, 0.2) is 59.4 Å². The van der Waals surface area contributed by atoms with Crippen LogP contribution in [0.5, 0.6) is 0 Å². The van der Waals surface area contributed by atoms with Crippen LogP contribution in [0.4, 0.5) is 0 Å². The molecule has 1 aliphatic heterocycles. The van der Waals surface area contributed by atoms with Crippen molar-refractivity contribution < 1.29 is 24.2 Å². The molecular weight excluding hydrogens is 606 g/mol. The lowest BCUT2D eigenvalue weighted by Crippen LogP contribution is -2.36. The highest BCUT2D eigenvalue weighted by Crippen LogP contribution is 2.37. The molecule has 8 atom stereocenters. The number of nitrogens with zero attached hydrogens (tertiary/aromatic N) is 2. The van der Waals surface area contributed by atoms with Crippen molar-refractivity contribution in [3.05, 3.63) is 59.8 Å². The van der Waals surface area contributed by atoms with Gasteiger partial charge >= 0.3 is 5.97 Å². The minimum Gasteiger partial charge on any atom is -0.461 e. The molecule has 48 heavy (non-hydrogen) atoms. The first-order chi connectivity index (χ1) is 23.0. The number of hydrogen-bond acceptors (Lipinski definition) is 7. The van der Waals surface area contributed by atoms with E-state index in [1.807, 2.05) is 44.3 Å². The van der Waals surface area contributed by atoms with Gasteiger partial charge in [0, 0.05) is 35.4 Å². The summed E-state index contributed by atoms with van der Waals surface area (Å²) in [6, 6.07) is 9.93. The largest absolute Gasteiger partial charge is 0.461 e. The second kappa shape index (κ2) is 17.3. The Morgan fingerprint density at radius 2 is 1.88 bits per heavy atom. The Hall–Kier alpha value is -4.23. The van der Waals surface area contributed by atoms with Crippen molar-refractivity contribution in [2.24, 2.45) is 46.3 Å². The number of aliphatic hydroxyl groups is 1. The number of H-pyrrole nitrogens is 1. The van der Waals surface area contributed by atoms with E-state index < -0.39 is 30.0 Å². The van der Waals surface area contributed by atoms with Crippen molar-refractivity contribution >= 4 is 34.4 Å². The predicted molar refractivity (Wildman–Crippen MR) is 186 cm³/mol. The second-order valence-electron chi connectivity index (χ2n) is 14.1. The number of nitrogens with two attached hydrogens (primary N) is 1. The first-order valence-corrected chi connectivity index (χ1v) is 17.3. The van der Waals surface area contributed by atoms with E-state index in [0.717, 1.165) is 42.1 Å². The van der Waals surface area contributed by atoms with Crippen molar-refractivity contribution in [1.82, 2.24) is 10.4 Å². The molecule has 10 heteroatoms. The average Bonchev–Trinajstić information content (AvgIpc) is 3.69. The molecule has 0 saturated heterocycles. The number of hydrazone groups is 1. The lowest BCUT2D eigenvalue weighted by Gasteiger charge is -2.27. The van der Waals surface area contributed by atoms with Gasteiger partial charge in [-0.15, -0.1) is 0 Å².